The summed E-state index contributed by atoms with van der Waals surface area (Å²) in [5.41, 5.74) is 2.95. The Balaban J connectivity index is 1.48. The third-order valence-corrected chi connectivity index (χ3v) is 6.85. The molecule has 0 bridgehead atoms. The molecule has 2 aromatic rings. The van der Waals surface area contributed by atoms with Gasteiger partial charge in [0, 0.05) is 17.4 Å². The topological polar surface area (TPSA) is 85.4 Å². The highest BCUT2D eigenvalue weighted by molar-refractivity contribution is 7.91. The number of nitrogens with one attached hydrogen (secondary N) is 1. The van der Waals surface area contributed by atoms with Gasteiger partial charge >= 0.3 is 0 Å². The lowest BCUT2D eigenvalue weighted by atomic mass is 10.1. The molecule has 2 aliphatic rings. The maximum absolute atomic E-state index is 12.2. The Labute approximate surface area is 143 Å². The lowest BCUT2D eigenvalue weighted by molar-refractivity contribution is -0.119. The first kappa shape index (κ1) is 15.6. The Kier molecular flexibility index (Phi) is 3.80. The molecular formula is C16H16N2O4S2. The second-order valence-electron chi connectivity index (χ2n) is 6.05. The lowest BCUT2D eigenvalue weighted by Crippen LogP contribution is -2.23. The quantitative estimate of drug-likeness (QED) is 0.902. The molecule has 1 atom stereocenters. The maximum Gasteiger partial charge on any atom is 0.230 e. The molecule has 126 valence electrons. The van der Waals surface area contributed by atoms with Crippen LogP contribution in [0.1, 0.15) is 12.0 Å². The maximum atomic E-state index is 12.2. The number of thiazole rings is 1. The standard InChI is InChI=1S/C16H16N2O4S2/c19-15(12-4-6-24(20,21)9-12)18-16-17-13(8-23-16)10-1-2-14-11(7-10)3-5-22-14/h1-2,7-8,12H,3-6,9H2,(H,17,18,19). The summed E-state index contributed by atoms with van der Waals surface area (Å²) in [7, 11) is -3.07. The molecule has 3 heterocycles. The molecule has 2 aliphatic heterocycles. The first-order valence-corrected chi connectivity index (χ1v) is 10.4. The fourth-order valence-corrected chi connectivity index (χ4v) is 5.48. The fraction of sp³-hybridized carbons (Fsp3) is 0.375. The van der Waals surface area contributed by atoms with E-state index in [1.807, 2.05) is 17.5 Å². The Morgan fingerprint density at radius 3 is 3.04 bits per heavy atom. The number of carbonyl (C=O) groups excluding carboxylic acids is 1. The van der Waals surface area contributed by atoms with E-state index in [0.29, 0.717) is 18.2 Å². The number of nitrogens with zero attached hydrogens (tertiary/aromatic N) is 1. The van der Waals surface area contributed by atoms with E-state index in [0.717, 1.165) is 23.4 Å². The van der Waals surface area contributed by atoms with Crippen LogP contribution in [-0.2, 0) is 21.1 Å². The third-order valence-electron chi connectivity index (χ3n) is 4.32. The predicted molar refractivity (Wildman–Crippen MR) is 92.1 cm³/mol. The number of benzene rings is 1. The van der Waals surface area contributed by atoms with Crippen molar-refractivity contribution in [3.63, 3.8) is 0 Å². The van der Waals surface area contributed by atoms with Gasteiger partial charge in [-0.25, -0.2) is 13.4 Å². The zero-order valence-electron chi connectivity index (χ0n) is 12.8. The van der Waals surface area contributed by atoms with Crippen LogP contribution in [0.25, 0.3) is 11.3 Å². The summed E-state index contributed by atoms with van der Waals surface area (Å²) in [6.07, 6.45) is 1.28. The van der Waals surface area contributed by atoms with Gasteiger partial charge in [0.05, 0.1) is 29.7 Å². The van der Waals surface area contributed by atoms with Crippen LogP contribution in [-0.4, -0.2) is 37.4 Å². The summed E-state index contributed by atoms with van der Waals surface area (Å²) in [5, 5.41) is 5.13. The minimum absolute atomic E-state index is 0.0676. The van der Waals surface area contributed by atoms with Gasteiger partial charge in [-0.1, -0.05) is 0 Å². The summed E-state index contributed by atoms with van der Waals surface area (Å²) in [6.45, 7) is 0.710. The van der Waals surface area contributed by atoms with E-state index in [1.54, 1.807) is 0 Å². The molecule has 1 N–H and O–H groups in total. The molecular weight excluding hydrogens is 348 g/mol. The normalized spacial score (nSPS) is 21.2. The van der Waals surface area contributed by atoms with Crippen LogP contribution >= 0.6 is 11.3 Å². The number of aromatic nitrogens is 1. The number of anilines is 1. The lowest BCUT2D eigenvalue weighted by Gasteiger charge is -2.06. The van der Waals surface area contributed by atoms with E-state index in [2.05, 4.69) is 16.4 Å². The van der Waals surface area contributed by atoms with Crippen molar-refractivity contribution in [2.75, 3.05) is 23.4 Å². The molecule has 1 aromatic heterocycles. The molecule has 0 aliphatic carbocycles. The number of carbonyl (C=O) groups is 1. The van der Waals surface area contributed by atoms with Crippen LogP contribution in [0.2, 0.25) is 0 Å². The minimum Gasteiger partial charge on any atom is -0.493 e. The van der Waals surface area contributed by atoms with E-state index in [4.69, 9.17) is 4.74 Å². The van der Waals surface area contributed by atoms with Crippen LogP contribution in [0.3, 0.4) is 0 Å². The number of sulfone groups is 1. The van der Waals surface area contributed by atoms with Crippen molar-refractivity contribution < 1.29 is 17.9 Å². The van der Waals surface area contributed by atoms with Gasteiger partial charge in [0.1, 0.15) is 5.75 Å². The van der Waals surface area contributed by atoms with E-state index >= 15 is 0 Å². The fourth-order valence-electron chi connectivity index (χ4n) is 3.02. The molecule has 0 radical (unpaired) electrons. The molecule has 6 nitrogen and oxygen atoms in total. The molecule has 1 amide bonds. The second-order valence-corrected chi connectivity index (χ2v) is 9.13. The Morgan fingerprint density at radius 1 is 1.38 bits per heavy atom. The van der Waals surface area contributed by atoms with E-state index in [1.165, 1.54) is 16.9 Å². The number of hydrogen-bond donors (Lipinski definition) is 1. The number of amides is 1. The SMILES string of the molecule is O=C(Nc1nc(-c2ccc3c(c2)CCO3)cs1)C1CCS(=O)(=O)C1. The summed E-state index contributed by atoms with van der Waals surface area (Å²) < 4.78 is 28.5. The number of hydrogen-bond acceptors (Lipinski definition) is 6. The molecule has 24 heavy (non-hydrogen) atoms. The largest absolute Gasteiger partial charge is 0.493 e. The van der Waals surface area contributed by atoms with Crippen molar-refractivity contribution in [2.24, 2.45) is 5.92 Å². The second kappa shape index (κ2) is 5.86. The van der Waals surface area contributed by atoms with Crippen molar-refractivity contribution in [3.8, 4) is 17.0 Å². The predicted octanol–water partition coefficient (Wildman–Crippen LogP) is 2.12. The highest BCUT2D eigenvalue weighted by Gasteiger charge is 2.33. The zero-order chi connectivity index (χ0) is 16.7. The van der Waals surface area contributed by atoms with Gasteiger partial charge in [0.2, 0.25) is 5.91 Å². The molecule has 1 aromatic carbocycles. The molecule has 0 spiro atoms. The molecule has 1 saturated heterocycles. The van der Waals surface area contributed by atoms with E-state index in [-0.39, 0.29) is 17.4 Å². The third kappa shape index (κ3) is 3.03. The molecule has 4 rings (SSSR count). The van der Waals surface area contributed by atoms with Crippen LogP contribution < -0.4 is 10.1 Å². The van der Waals surface area contributed by atoms with Gasteiger partial charge < -0.3 is 10.1 Å². The smallest absolute Gasteiger partial charge is 0.230 e. The Hall–Kier alpha value is -1.93. The molecule has 1 unspecified atom stereocenters. The van der Waals surface area contributed by atoms with Crippen molar-refractivity contribution in [1.29, 1.82) is 0 Å². The minimum atomic E-state index is -3.07. The van der Waals surface area contributed by atoms with Crippen LogP contribution in [0.5, 0.6) is 5.75 Å². The van der Waals surface area contributed by atoms with Crippen LogP contribution in [0.15, 0.2) is 23.6 Å². The molecule has 8 heteroatoms. The summed E-state index contributed by atoms with van der Waals surface area (Å²) in [4.78, 5) is 16.6. The monoisotopic (exact) mass is 364 g/mol. The number of fused-ring (bicyclic) bond motifs is 1. The van der Waals surface area contributed by atoms with Crippen molar-refractivity contribution in [3.05, 3.63) is 29.1 Å². The van der Waals surface area contributed by atoms with Gasteiger partial charge in [-0.05, 0) is 30.2 Å². The van der Waals surface area contributed by atoms with E-state index in [9.17, 15) is 13.2 Å². The van der Waals surface area contributed by atoms with Crippen molar-refractivity contribution in [1.82, 2.24) is 4.98 Å². The number of rotatable bonds is 3. The van der Waals surface area contributed by atoms with Gasteiger partial charge in [-0.3, -0.25) is 4.79 Å². The zero-order valence-corrected chi connectivity index (χ0v) is 14.5. The van der Waals surface area contributed by atoms with Crippen LogP contribution in [0.4, 0.5) is 5.13 Å². The average molecular weight is 364 g/mol. The first-order valence-electron chi connectivity index (χ1n) is 7.73. The van der Waals surface area contributed by atoms with E-state index < -0.39 is 15.8 Å². The van der Waals surface area contributed by atoms with Crippen molar-refractivity contribution in [2.45, 2.75) is 12.8 Å². The van der Waals surface area contributed by atoms with Crippen molar-refractivity contribution >= 4 is 32.2 Å². The Morgan fingerprint density at radius 2 is 2.25 bits per heavy atom. The first-order chi connectivity index (χ1) is 11.5. The highest BCUT2D eigenvalue weighted by Crippen LogP contribution is 2.32. The highest BCUT2D eigenvalue weighted by atomic mass is 32.2. The summed E-state index contributed by atoms with van der Waals surface area (Å²) in [5.74, 6) is 0.205. The average Bonchev–Trinajstić information content (AvgIpc) is 3.25. The number of ether oxygens (including phenoxy) is 1. The van der Waals surface area contributed by atoms with Gasteiger partial charge in [0.15, 0.2) is 15.0 Å². The summed E-state index contributed by atoms with van der Waals surface area (Å²) in [6, 6.07) is 5.96. The molecule has 0 saturated carbocycles. The summed E-state index contributed by atoms with van der Waals surface area (Å²) >= 11 is 1.34. The van der Waals surface area contributed by atoms with Gasteiger partial charge in [-0.2, -0.15) is 0 Å². The van der Waals surface area contributed by atoms with Gasteiger partial charge in [-0.15, -0.1) is 11.3 Å². The van der Waals surface area contributed by atoms with Crippen LogP contribution in [0, 0.1) is 5.92 Å². The molecule has 1 fully saturated rings. The Bertz CT molecular complexity index is 905. The van der Waals surface area contributed by atoms with Gasteiger partial charge in [0.25, 0.3) is 0 Å².